The van der Waals surface area contributed by atoms with E-state index in [2.05, 4.69) is 26.0 Å². The van der Waals surface area contributed by atoms with Gasteiger partial charge in [0.05, 0.1) is 27.7 Å². The van der Waals surface area contributed by atoms with Crippen molar-refractivity contribution in [1.82, 2.24) is 0 Å². The normalized spacial score (nSPS) is 13.8. The molecule has 0 aromatic carbocycles. The molecular formula is C40H78NO8P. The largest absolute Gasteiger partial charge is 0.756 e. The van der Waals surface area contributed by atoms with E-state index in [1.165, 1.54) is 96.3 Å². The van der Waals surface area contributed by atoms with Gasteiger partial charge >= 0.3 is 11.9 Å². The molecule has 0 aromatic heterocycles. The van der Waals surface area contributed by atoms with E-state index in [0.717, 1.165) is 51.4 Å². The summed E-state index contributed by atoms with van der Waals surface area (Å²) in [5, 5.41) is 0. The Bertz CT molecular complexity index is 876. The lowest BCUT2D eigenvalue weighted by atomic mass is 10.0. The fourth-order valence-corrected chi connectivity index (χ4v) is 6.26. The van der Waals surface area contributed by atoms with Gasteiger partial charge in [0, 0.05) is 12.8 Å². The lowest BCUT2D eigenvalue weighted by molar-refractivity contribution is -0.870. The van der Waals surface area contributed by atoms with Crippen LogP contribution in [-0.2, 0) is 32.7 Å². The molecule has 50 heavy (non-hydrogen) atoms. The maximum atomic E-state index is 12.6. The van der Waals surface area contributed by atoms with Crippen LogP contribution in [0, 0.1) is 0 Å². The summed E-state index contributed by atoms with van der Waals surface area (Å²) in [7, 11) is 1.17. The molecule has 0 bridgehead atoms. The predicted octanol–water partition coefficient (Wildman–Crippen LogP) is 10.4. The third kappa shape index (κ3) is 36.5. The zero-order chi connectivity index (χ0) is 37.2. The number of quaternary nitrogens is 1. The van der Waals surface area contributed by atoms with Gasteiger partial charge in [0.1, 0.15) is 19.8 Å². The van der Waals surface area contributed by atoms with Crippen LogP contribution in [0.25, 0.3) is 0 Å². The molecule has 1 unspecified atom stereocenters. The topological polar surface area (TPSA) is 111 Å². The highest BCUT2D eigenvalue weighted by Gasteiger charge is 2.21. The van der Waals surface area contributed by atoms with E-state index in [4.69, 9.17) is 18.5 Å². The third-order valence-corrected chi connectivity index (χ3v) is 9.75. The quantitative estimate of drug-likeness (QED) is 0.0204. The van der Waals surface area contributed by atoms with Crippen molar-refractivity contribution in [3.63, 3.8) is 0 Å². The van der Waals surface area contributed by atoms with Gasteiger partial charge in [0.2, 0.25) is 0 Å². The van der Waals surface area contributed by atoms with E-state index in [1.54, 1.807) is 0 Å². The van der Waals surface area contributed by atoms with Gasteiger partial charge in [-0.15, -0.1) is 0 Å². The monoisotopic (exact) mass is 732 g/mol. The standard InChI is InChI=1S/C40H78NO8P/c1-6-8-10-12-14-16-18-20-22-24-26-28-30-32-39(42)46-36-38(37-48-50(44,45)47-35-34-41(3,4)5)49-40(43)33-31-29-27-25-23-21-19-17-15-13-11-9-7-2/h17,19,38H,6-16,18,20-37H2,1-5H3/b19-17-/t38-/m1/s1. The number of phosphoric ester groups is 1. The van der Waals surface area contributed by atoms with E-state index in [-0.39, 0.29) is 32.0 Å². The Morgan fingerprint density at radius 3 is 1.50 bits per heavy atom. The fraction of sp³-hybridized carbons (Fsp3) is 0.900. The first kappa shape index (κ1) is 48.8. The lowest BCUT2D eigenvalue weighted by Gasteiger charge is -2.28. The molecule has 0 N–H and O–H groups in total. The summed E-state index contributed by atoms with van der Waals surface area (Å²) >= 11 is 0. The Labute approximate surface area is 307 Å². The maximum Gasteiger partial charge on any atom is 0.306 e. The van der Waals surface area contributed by atoms with E-state index in [9.17, 15) is 19.0 Å². The zero-order valence-corrected chi connectivity index (χ0v) is 34.0. The highest BCUT2D eigenvalue weighted by atomic mass is 31.2. The maximum absolute atomic E-state index is 12.6. The van der Waals surface area contributed by atoms with Crippen LogP contribution < -0.4 is 4.89 Å². The summed E-state index contributed by atoms with van der Waals surface area (Å²) in [6.07, 6.45) is 32.3. The molecule has 0 spiro atoms. The van der Waals surface area contributed by atoms with E-state index in [1.807, 2.05) is 21.1 Å². The Morgan fingerprint density at radius 1 is 0.600 bits per heavy atom. The smallest absolute Gasteiger partial charge is 0.306 e. The second-order valence-corrected chi connectivity index (χ2v) is 16.4. The van der Waals surface area contributed by atoms with E-state index in [0.29, 0.717) is 17.4 Å². The van der Waals surface area contributed by atoms with Crippen LogP contribution >= 0.6 is 7.82 Å². The number of hydrogen-bond acceptors (Lipinski definition) is 8. The molecule has 0 saturated heterocycles. The molecule has 0 amide bonds. The van der Waals surface area contributed by atoms with Crippen LogP contribution in [0.3, 0.4) is 0 Å². The van der Waals surface area contributed by atoms with Crippen LogP contribution in [0.2, 0.25) is 0 Å². The van der Waals surface area contributed by atoms with Gasteiger partial charge in [0.25, 0.3) is 7.82 Å². The van der Waals surface area contributed by atoms with Crippen LogP contribution in [0.15, 0.2) is 12.2 Å². The number of ether oxygens (including phenoxy) is 2. The molecule has 0 aliphatic heterocycles. The van der Waals surface area contributed by atoms with Gasteiger partial charge < -0.3 is 27.9 Å². The Morgan fingerprint density at radius 2 is 1.02 bits per heavy atom. The van der Waals surface area contributed by atoms with Gasteiger partial charge in [-0.1, -0.05) is 142 Å². The highest BCUT2D eigenvalue weighted by molar-refractivity contribution is 7.45. The molecule has 0 aliphatic carbocycles. The summed E-state index contributed by atoms with van der Waals surface area (Å²) in [5.41, 5.74) is 0. The molecule has 0 aliphatic rings. The average Bonchev–Trinajstić information content (AvgIpc) is 3.06. The number of esters is 2. The molecule has 10 heteroatoms. The number of carbonyl (C=O) groups excluding carboxylic acids is 2. The van der Waals surface area contributed by atoms with E-state index >= 15 is 0 Å². The van der Waals surface area contributed by atoms with Crippen molar-refractivity contribution in [2.75, 3.05) is 47.5 Å². The van der Waals surface area contributed by atoms with Crippen molar-refractivity contribution < 1.29 is 42.1 Å². The van der Waals surface area contributed by atoms with Crippen molar-refractivity contribution in [3.8, 4) is 0 Å². The molecule has 0 saturated carbocycles. The molecule has 9 nitrogen and oxygen atoms in total. The first-order valence-electron chi connectivity index (χ1n) is 20.4. The number of rotatable bonds is 37. The van der Waals surface area contributed by atoms with Gasteiger partial charge in [-0.05, 0) is 38.5 Å². The van der Waals surface area contributed by atoms with Crippen molar-refractivity contribution in [1.29, 1.82) is 0 Å². The van der Waals surface area contributed by atoms with Crippen molar-refractivity contribution >= 4 is 19.8 Å². The fourth-order valence-electron chi connectivity index (χ4n) is 5.53. The van der Waals surface area contributed by atoms with Crippen LogP contribution in [0.1, 0.15) is 181 Å². The van der Waals surface area contributed by atoms with Crippen LogP contribution in [0.4, 0.5) is 0 Å². The highest BCUT2D eigenvalue weighted by Crippen LogP contribution is 2.38. The lowest BCUT2D eigenvalue weighted by Crippen LogP contribution is -2.37. The Hall–Kier alpha value is -1.25. The van der Waals surface area contributed by atoms with Crippen LogP contribution in [-0.4, -0.2) is 70.0 Å². The van der Waals surface area contributed by atoms with E-state index < -0.39 is 26.5 Å². The molecular weight excluding hydrogens is 653 g/mol. The van der Waals surface area contributed by atoms with Crippen molar-refractivity contribution in [2.45, 2.75) is 187 Å². The van der Waals surface area contributed by atoms with Gasteiger partial charge in [-0.2, -0.15) is 0 Å². The number of likely N-dealkylation sites (N-methyl/N-ethyl adjacent to an activating group) is 1. The number of allylic oxidation sites excluding steroid dienone is 2. The average molecular weight is 732 g/mol. The summed E-state index contributed by atoms with van der Waals surface area (Å²) in [6, 6.07) is 0. The predicted molar refractivity (Wildman–Crippen MR) is 204 cm³/mol. The second-order valence-electron chi connectivity index (χ2n) is 15.0. The first-order chi connectivity index (χ1) is 24.0. The number of phosphoric acid groups is 1. The zero-order valence-electron chi connectivity index (χ0n) is 33.1. The summed E-state index contributed by atoms with van der Waals surface area (Å²) < 4.78 is 33.8. The summed E-state index contributed by atoms with van der Waals surface area (Å²) in [4.78, 5) is 37.4. The van der Waals surface area contributed by atoms with Gasteiger partial charge in [0.15, 0.2) is 6.10 Å². The van der Waals surface area contributed by atoms with Crippen molar-refractivity contribution in [3.05, 3.63) is 12.2 Å². The minimum Gasteiger partial charge on any atom is -0.756 e. The molecule has 0 fully saturated rings. The number of carbonyl (C=O) groups is 2. The molecule has 0 rings (SSSR count). The Balaban J connectivity index is 4.40. The summed E-state index contributed by atoms with van der Waals surface area (Å²) in [6.45, 7) is 4.20. The molecule has 2 atom stereocenters. The van der Waals surface area contributed by atoms with Gasteiger partial charge in [-0.3, -0.25) is 14.2 Å². The number of unbranched alkanes of at least 4 members (excludes halogenated alkanes) is 21. The molecule has 0 radical (unpaired) electrons. The first-order valence-corrected chi connectivity index (χ1v) is 21.9. The third-order valence-electron chi connectivity index (χ3n) is 8.79. The minimum absolute atomic E-state index is 0.0296. The van der Waals surface area contributed by atoms with Crippen LogP contribution in [0.5, 0.6) is 0 Å². The molecule has 0 heterocycles. The number of nitrogens with zero attached hydrogens (tertiary/aromatic N) is 1. The SMILES string of the molecule is CCCCCC/C=C\CCCCCCCC(=O)O[C@H](COC(=O)CCCCCCCCCCCCCCC)COP(=O)([O-])OCC[N+](C)(C)C. The van der Waals surface area contributed by atoms with Gasteiger partial charge in [-0.25, -0.2) is 0 Å². The molecule has 0 aromatic rings. The Kier molecular flexibility index (Phi) is 32.7. The summed E-state index contributed by atoms with van der Waals surface area (Å²) in [5.74, 6) is -0.839. The second kappa shape index (κ2) is 33.6. The van der Waals surface area contributed by atoms with Crippen molar-refractivity contribution in [2.24, 2.45) is 0 Å². The number of hydrogen-bond donors (Lipinski definition) is 0. The minimum atomic E-state index is -4.61. The molecule has 296 valence electrons.